The fourth-order valence-electron chi connectivity index (χ4n) is 2.66. The molecule has 0 aromatic heterocycles. The Morgan fingerprint density at radius 2 is 1.63 bits per heavy atom. The molecule has 0 aromatic carbocycles. The summed E-state index contributed by atoms with van der Waals surface area (Å²) in [7, 11) is -5.18. The molecule has 2 aliphatic heterocycles. The van der Waals surface area contributed by atoms with Gasteiger partial charge in [-0.2, -0.15) is 17.5 Å². The van der Waals surface area contributed by atoms with Gasteiger partial charge < -0.3 is 5.73 Å². The molecule has 1 unspecified atom stereocenters. The maximum Gasteiger partial charge on any atom is 0.511 e. The second-order valence-corrected chi connectivity index (χ2v) is 7.05. The molecule has 0 radical (unpaired) electrons. The zero-order valence-corrected chi connectivity index (χ0v) is 11.3. The second kappa shape index (κ2) is 5.19. The molecule has 0 bridgehead atoms. The van der Waals surface area contributed by atoms with Crippen molar-refractivity contribution < 1.29 is 21.6 Å². The van der Waals surface area contributed by atoms with E-state index in [1.54, 1.807) is 0 Å². The first-order valence-corrected chi connectivity index (χ1v) is 7.72. The normalized spacial score (nSPS) is 28.9. The lowest BCUT2D eigenvalue weighted by atomic mass is 10.0. The number of nitrogens with two attached hydrogens (primary N) is 1. The average molecular weight is 301 g/mol. The Morgan fingerprint density at radius 1 is 1.05 bits per heavy atom. The third-order valence-corrected chi connectivity index (χ3v) is 5.45. The summed E-state index contributed by atoms with van der Waals surface area (Å²) >= 11 is 0. The standard InChI is InChI=1S/C10H18F3N3O2S/c11-10(12,13)19(17,18)16-6-3-9(7-16)15-4-1-8(14)2-5-15/h8-9H,1-7,14H2. The summed E-state index contributed by atoms with van der Waals surface area (Å²) in [6, 6.07) is 0.0253. The summed E-state index contributed by atoms with van der Waals surface area (Å²) in [6.07, 6.45) is 2.07. The van der Waals surface area contributed by atoms with E-state index in [9.17, 15) is 21.6 Å². The monoisotopic (exact) mass is 301 g/mol. The molecule has 0 spiro atoms. The highest BCUT2D eigenvalue weighted by atomic mass is 32.2. The van der Waals surface area contributed by atoms with Gasteiger partial charge in [0.1, 0.15) is 0 Å². The maximum atomic E-state index is 12.4. The molecule has 2 saturated heterocycles. The molecule has 0 amide bonds. The van der Waals surface area contributed by atoms with Gasteiger partial charge in [0, 0.05) is 25.2 Å². The Hall–Kier alpha value is -0.380. The smallest absolute Gasteiger partial charge is 0.328 e. The Balaban J connectivity index is 1.97. The van der Waals surface area contributed by atoms with E-state index in [4.69, 9.17) is 5.73 Å². The van der Waals surface area contributed by atoms with Gasteiger partial charge in [-0.15, -0.1) is 0 Å². The molecule has 2 heterocycles. The predicted octanol–water partition coefficient (Wildman–Crippen LogP) is 0.333. The van der Waals surface area contributed by atoms with Crippen molar-refractivity contribution in [1.29, 1.82) is 0 Å². The van der Waals surface area contributed by atoms with Gasteiger partial charge in [-0.05, 0) is 32.4 Å². The van der Waals surface area contributed by atoms with Crippen molar-refractivity contribution in [3.8, 4) is 0 Å². The highest BCUT2D eigenvalue weighted by Gasteiger charge is 2.52. The number of rotatable bonds is 2. The molecule has 5 nitrogen and oxygen atoms in total. The Labute approximate surface area is 110 Å². The highest BCUT2D eigenvalue weighted by molar-refractivity contribution is 7.90. The number of alkyl halides is 3. The summed E-state index contributed by atoms with van der Waals surface area (Å²) in [5, 5.41) is 0. The minimum absolute atomic E-state index is 0.0605. The van der Waals surface area contributed by atoms with Crippen molar-refractivity contribution >= 4 is 10.0 Å². The summed E-state index contributed by atoms with van der Waals surface area (Å²) in [5.41, 5.74) is 0.565. The van der Waals surface area contributed by atoms with Crippen LogP contribution in [0.4, 0.5) is 13.2 Å². The number of piperidine rings is 1. The van der Waals surface area contributed by atoms with E-state index in [0.29, 0.717) is 10.7 Å². The molecule has 112 valence electrons. The van der Waals surface area contributed by atoms with Gasteiger partial charge in [-0.25, -0.2) is 8.42 Å². The molecule has 2 fully saturated rings. The number of hydrogen-bond donors (Lipinski definition) is 1. The molecule has 2 rings (SSSR count). The highest BCUT2D eigenvalue weighted by Crippen LogP contribution is 2.31. The third-order valence-electron chi connectivity index (χ3n) is 3.85. The maximum absolute atomic E-state index is 12.4. The fourth-order valence-corrected chi connectivity index (χ4v) is 3.66. The molecule has 2 N–H and O–H groups in total. The molecule has 0 saturated carbocycles. The third kappa shape index (κ3) is 3.04. The van der Waals surface area contributed by atoms with Crippen molar-refractivity contribution in [1.82, 2.24) is 9.21 Å². The van der Waals surface area contributed by atoms with E-state index in [0.717, 1.165) is 25.9 Å². The van der Waals surface area contributed by atoms with Crippen LogP contribution >= 0.6 is 0 Å². The van der Waals surface area contributed by atoms with Gasteiger partial charge in [0.15, 0.2) is 0 Å². The number of likely N-dealkylation sites (tertiary alicyclic amines) is 1. The molecule has 0 aliphatic carbocycles. The fraction of sp³-hybridized carbons (Fsp3) is 1.00. The predicted molar refractivity (Wildman–Crippen MR) is 63.7 cm³/mol. The van der Waals surface area contributed by atoms with Crippen LogP contribution in [-0.4, -0.2) is 61.4 Å². The van der Waals surface area contributed by atoms with Crippen LogP contribution in [0.2, 0.25) is 0 Å². The summed E-state index contributed by atoms with van der Waals surface area (Å²) in [6.45, 7) is 1.32. The van der Waals surface area contributed by atoms with Crippen LogP contribution in [0.25, 0.3) is 0 Å². The topological polar surface area (TPSA) is 66.6 Å². The number of nitrogens with zero attached hydrogens (tertiary/aromatic N) is 2. The Bertz CT molecular complexity index is 418. The van der Waals surface area contributed by atoms with Crippen LogP contribution in [-0.2, 0) is 10.0 Å². The van der Waals surface area contributed by atoms with Gasteiger partial charge in [0.25, 0.3) is 0 Å². The summed E-state index contributed by atoms with van der Waals surface area (Å²) in [4.78, 5) is 2.05. The van der Waals surface area contributed by atoms with E-state index in [1.165, 1.54) is 0 Å². The van der Waals surface area contributed by atoms with Crippen LogP contribution in [0.1, 0.15) is 19.3 Å². The first-order chi connectivity index (χ1) is 8.72. The largest absolute Gasteiger partial charge is 0.511 e. The molecule has 9 heteroatoms. The molecular formula is C10H18F3N3O2S. The average Bonchev–Trinajstić information content (AvgIpc) is 2.78. The van der Waals surface area contributed by atoms with Crippen molar-refractivity contribution in [2.75, 3.05) is 26.2 Å². The van der Waals surface area contributed by atoms with Crippen molar-refractivity contribution in [3.05, 3.63) is 0 Å². The van der Waals surface area contributed by atoms with Gasteiger partial charge in [-0.1, -0.05) is 0 Å². The van der Waals surface area contributed by atoms with Crippen LogP contribution in [0.3, 0.4) is 0 Å². The van der Waals surface area contributed by atoms with Gasteiger partial charge in [0.05, 0.1) is 0 Å². The molecular weight excluding hydrogens is 283 g/mol. The first-order valence-electron chi connectivity index (χ1n) is 6.28. The van der Waals surface area contributed by atoms with Crippen LogP contribution in [0, 0.1) is 0 Å². The number of halogens is 3. The number of hydrogen-bond acceptors (Lipinski definition) is 4. The first kappa shape index (κ1) is 15.0. The van der Waals surface area contributed by atoms with Crippen LogP contribution in [0.5, 0.6) is 0 Å². The quantitative estimate of drug-likeness (QED) is 0.798. The van der Waals surface area contributed by atoms with Gasteiger partial charge in [0.2, 0.25) is 0 Å². The van der Waals surface area contributed by atoms with E-state index >= 15 is 0 Å². The molecule has 1 atom stereocenters. The lowest BCUT2D eigenvalue weighted by Gasteiger charge is -2.34. The zero-order chi connectivity index (χ0) is 14.3. The van der Waals surface area contributed by atoms with E-state index in [2.05, 4.69) is 4.90 Å². The van der Waals surface area contributed by atoms with Crippen LogP contribution in [0.15, 0.2) is 0 Å². The summed E-state index contributed by atoms with van der Waals surface area (Å²) < 4.78 is 60.5. The van der Waals surface area contributed by atoms with Gasteiger partial charge in [-0.3, -0.25) is 4.90 Å². The second-order valence-electron chi connectivity index (χ2n) is 5.12. The van der Waals surface area contributed by atoms with Crippen molar-refractivity contribution in [3.63, 3.8) is 0 Å². The SMILES string of the molecule is NC1CCN(C2CCN(S(=O)(=O)C(F)(F)F)C2)CC1. The molecule has 0 aromatic rings. The van der Waals surface area contributed by atoms with E-state index in [-0.39, 0.29) is 25.2 Å². The Kier molecular flexibility index (Phi) is 4.10. The lowest BCUT2D eigenvalue weighted by molar-refractivity contribution is -0.0484. The van der Waals surface area contributed by atoms with Crippen molar-refractivity contribution in [2.24, 2.45) is 5.73 Å². The lowest BCUT2D eigenvalue weighted by Crippen LogP contribution is -2.47. The van der Waals surface area contributed by atoms with E-state index < -0.39 is 15.5 Å². The van der Waals surface area contributed by atoms with Crippen LogP contribution < -0.4 is 5.73 Å². The zero-order valence-electron chi connectivity index (χ0n) is 10.4. The van der Waals surface area contributed by atoms with E-state index in [1.807, 2.05) is 0 Å². The summed E-state index contributed by atoms with van der Waals surface area (Å²) in [5.74, 6) is 0. The van der Waals surface area contributed by atoms with Gasteiger partial charge >= 0.3 is 15.5 Å². The Morgan fingerprint density at radius 3 is 2.16 bits per heavy atom. The number of sulfonamides is 1. The molecule has 2 aliphatic rings. The van der Waals surface area contributed by atoms with Crippen molar-refractivity contribution in [2.45, 2.75) is 36.9 Å². The minimum atomic E-state index is -5.20. The minimum Gasteiger partial charge on any atom is -0.328 e. The molecule has 19 heavy (non-hydrogen) atoms.